The van der Waals surface area contributed by atoms with E-state index in [1.165, 1.54) is 11.8 Å². The smallest absolute Gasteiger partial charge is 0.266 e. The molecule has 0 unspecified atom stereocenters. The van der Waals surface area contributed by atoms with E-state index < -0.39 is 0 Å². The Morgan fingerprint density at radius 1 is 1.12 bits per heavy atom. The zero-order valence-electron chi connectivity index (χ0n) is 12.6. The SMILES string of the molecule is O=C1C(=Cc2ccc3c(c2)OCO3)SC(=S)N1Cc1ccccc1. The Bertz CT molecular complexity index is 849. The third-order valence-electron chi connectivity index (χ3n) is 3.75. The molecule has 0 atom stereocenters. The Kier molecular flexibility index (Phi) is 4.00. The van der Waals surface area contributed by atoms with Gasteiger partial charge in [-0.05, 0) is 29.3 Å². The highest BCUT2D eigenvalue weighted by atomic mass is 32.2. The molecule has 120 valence electrons. The van der Waals surface area contributed by atoms with E-state index in [-0.39, 0.29) is 12.7 Å². The second kappa shape index (κ2) is 6.30. The van der Waals surface area contributed by atoms with E-state index in [1.807, 2.05) is 54.6 Å². The van der Waals surface area contributed by atoms with Gasteiger partial charge in [0.1, 0.15) is 4.32 Å². The number of rotatable bonds is 3. The number of amides is 1. The van der Waals surface area contributed by atoms with Crippen LogP contribution in [0.4, 0.5) is 0 Å². The summed E-state index contributed by atoms with van der Waals surface area (Å²) in [5.74, 6) is 1.36. The van der Waals surface area contributed by atoms with Gasteiger partial charge in [0.25, 0.3) is 5.91 Å². The number of carbonyl (C=O) groups excluding carboxylic acids is 1. The minimum Gasteiger partial charge on any atom is -0.454 e. The molecule has 4 nitrogen and oxygen atoms in total. The second-order valence-electron chi connectivity index (χ2n) is 5.37. The molecular weight excluding hydrogens is 342 g/mol. The molecule has 2 heterocycles. The topological polar surface area (TPSA) is 38.8 Å². The lowest BCUT2D eigenvalue weighted by Gasteiger charge is -2.14. The van der Waals surface area contributed by atoms with E-state index in [9.17, 15) is 4.79 Å². The van der Waals surface area contributed by atoms with E-state index in [0.717, 1.165) is 16.9 Å². The first-order valence-corrected chi connectivity index (χ1v) is 8.62. The van der Waals surface area contributed by atoms with Crippen molar-refractivity contribution >= 4 is 40.3 Å². The highest BCUT2D eigenvalue weighted by Gasteiger charge is 2.32. The summed E-state index contributed by atoms with van der Waals surface area (Å²) in [5, 5.41) is 0. The summed E-state index contributed by atoms with van der Waals surface area (Å²) in [6.45, 7) is 0.724. The van der Waals surface area contributed by atoms with Gasteiger partial charge in [-0.25, -0.2) is 0 Å². The number of thiocarbonyl (C=S) groups is 1. The van der Waals surface area contributed by atoms with Crippen molar-refractivity contribution in [3.8, 4) is 11.5 Å². The van der Waals surface area contributed by atoms with Gasteiger partial charge < -0.3 is 9.47 Å². The summed E-state index contributed by atoms with van der Waals surface area (Å²) in [5.41, 5.74) is 1.94. The van der Waals surface area contributed by atoms with Gasteiger partial charge in [-0.2, -0.15) is 0 Å². The number of hydrogen-bond acceptors (Lipinski definition) is 5. The Hall–Kier alpha value is -2.31. The standard InChI is InChI=1S/C18H13NO3S2/c20-17-16(9-13-6-7-14-15(8-13)22-11-21-14)24-18(23)19(17)10-12-4-2-1-3-5-12/h1-9H,10-11H2. The van der Waals surface area contributed by atoms with Crippen molar-refractivity contribution in [2.75, 3.05) is 6.79 Å². The third-order valence-corrected chi connectivity index (χ3v) is 5.13. The lowest BCUT2D eigenvalue weighted by Crippen LogP contribution is -2.27. The first kappa shape index (κ1) is 15.2. The van der Waals surface area contributed by atoms with Gasteiger partial charge in [0, 0.05) is 0 Å². The molecule has 0 spiro atoms. The molecule has 0 radical (unpaired) electrons. The average molecular weight is 355 g/mol. The Morgan fingerprint density at radius 3 is 2.75 bits per heavy atom. The monoisotopic (exact) mass is 355 g/mol. The van der Waals surface area contributed by atoms with Gasteiger partial charge in [0.2, 0.25) is 6.79 Å². The summed E-state index contributed by atoms with van der Waals surface area (Å²) in [6.07, 6.45) is 1.84. The lowest BCUT2D eigenvalue weighted by molar-refractivity contribution is -0.122. The molecule has 1 fully saturated rings. The fourth-order valence-corrected chi connectivity index (χ4v) is 3.81. The summed E-state index contributed by atoms with van der Waals surface area (Å²) in [6, 6.07) is 15.4. The molecule has 2 aliphatic heterocycles. The summed E-state index contributed by atoms with van der Waals surface area (Å²) >= 11 is 6.70. The van der Waals surface area contributed by atoms with Crippen LogP contribution in [-0.2, 0) is 11.3 Å². The van der Waals surface area contributed by atoms with Gasteiger partial charge in [0.15, 0.2) is 11.5 Å². The minimum absolute atomic E-state index is 0.0634. The summed E-state index contributed by atoms with van der Waals surface area (Å²) in [7, 11) is 0. The van der Waals surface area contributed by atoms with Crippen LogP contribution in [0, 0.1) is 0 Å². The first-order chi connectivity index (χ1) is 11.7. The zero-order valence-corrected chi connectivity index (χ0v) is 14.2. The zero-order chi connectivity index (χ0) is 16.5. The Labute approximate surface area is 149 Å². The molecular formula is C18H13NO3S2. The molecule has 0 N–H and O–H groups in total. The molecule has 0 aromatic heterocycles. The number of nitrogens with zero attached hydrogens (tertiary/aromatic N) is 1. The van der Waals surface area contributed by atoms with Crippen LogP contribution in [0.25, 0.3) is 6.08 Å². The molecule has 0 aliphatic carbocycles. The van der Waals surface area contributed by atoms with Gasteiger partial charge in [-0.15, -0.1) is 0 Å². The number of ether oxygens (including phenoxy) is 2. The van der Waals surface area contributed by atoms with Crippen LogP contribution in [0.5, 0.6) is 11.5 Å². The molecule has 2 aliphatic rings. The first-order valence-electron chi connectivity index (χ1n) is 7.40. The van der Waals surface area contributed by atoms with E-state index in [1.54, 1.807) is 4.90 Å². The van der Waals surface area contributed by atoms with Crippen LogP contribution in [0.1, 0.15) is 11.1 Å². The second-order valence-corrected chi connectivity index (χ2v) is 7.04. The minimum atomic E-state index is -0.0634. The van der Waals surface area contributed by atoms with Crippen molar-refractivity contribution in [3.63, 3.8) is 0 Å². The number of thioether (sulfide) groups is 1. The molecule has 1 saturated heterocycles. The normalized spacial score (nSPS) is 17.8. The van der Waals surface area contributed by atoms with Crippen molar-refractivity contribution in [3.05, 3.63) is 64.6 Å². The van der Waals surface area contributed by atoms with E-state index in [0.29, 0.717) is 21.5 Å². The molecule has 2 aromatic carbocycles. The molecule has 24 heavy (non-hydrogen) atoms. The largest absolute Gasteiger partial charge is 0.454 e. The number of fused-ring (bicyclic) bond motifs is 1. The summed E-state index contributed by atoms with van der Waals surface area (Å²) < 4.78 is 11.3. The van der Waals surface area contributed by atoms with Gasteiger partial charge >= 0.3 is 0 Å². The van der Waals surface area contributed by atoms with Crippen molar-refractivity contribution in [1.82, 2.24) is 4.90 Å². The van der Waals surface area contributed by atoms with Crippen molar-refractivity contribution in [1.29, 1.82) is 0 Å². The number of carbonyl (C=O) groups is 1. The quantitative estimate of drug-likeness (QED) is 0.618. The fourth-order valence-electron chi connectivity index (χ4n) is 2.56. The van der Waals surface area contributed by atoms with Crippen LogP contribution < -0.4 is 9.47 Å². The molecule has 0 bridgehead atoms. The predicted molar refractivity (Wildman–Crippen MR) is 97.7 cm³/mol. The Balaban J connectivity index is 1.56. The van der Waals surface area contributed by atoms with E-state index in [2.05, 4.69) is 0 Å². The van der Waals surface area contributed by atoms with Crippen LogP contribution in [0.2, 0.25) is 0 Å². The number of benzene rings is 2. The van der Waals surface area contributed by atoms with Crippen LogP contribution in [-0.4, -0.2) is 21.9 Å². The maximum absolute atomic E-state index is 12.7. The molecule has 1 amide bonds. The van der Waals surface area contributed by atoms with Gasteiger partial charge in [0.05, 0.1) is 11.4 Å². The van der Waals surface area contributed by atoms with Crippen molar-refractivity contribution in [2.24, 2.45) is 0 Å². The van der Waals surface area contributed by atoms with Crippen LogP contribution in [0.3, 0.4) is 0 Å². The maximum Gasteiger partial charge on any atom is 0.266 e. The van der Waals surface area contributed by atoms with E-state index >= 15 is 0 Å². The lowest BCUT2D eigenvalue weighted by atomic mass is 10.2. The fraction of sp³-hybridized carbons (Fsp3) is 0.111. The predicted octanol–water partition coefficient (Wildman–Crippen LogP) is 3.82. The van der Waals surface area contributed by atoms with Gasteiger partial charge in [-0.1, -0.05) is 60.4 Å². The third kappa shape index (κ3) is 2.90. The van der Waals surface area contributed by atoms with E-state index in [4.69, 9.17) is 21.7 Å². The van der Waals surface area contributed by atoms with Crippen molar-refractivity contribution < 1.29 is 14.3 Å². The average Bonchev–Trinajstić information content (AvgIpc) is 3.16. The van der Waals surface area contributed by atoms with Crippen LogP contribution in [0.15, 0.2) is 53.4 Å². The van der Waals surface area contributed by atoms with Gasteiger partial charge in [-0.3, -0.25) is 9.69 Å². The molecule has 0 saturated carbocycles. The number of hydrogen-bond donors (Lipinski definition) is 0. The highest BCUT2D eigenvalue weighted by Crippen LogP contribution is 2.36. The molecule has 6 heteroatoms. The maximum atomic E-state index is 12.7. The van der Waals surface area contributed by atoms with Crippen LogP contribution >= 0.6 is 24.0 Å². The summed E-state index contributed by atoms with van der Waals surface area (Å²) in [4.78, 5) is 14.9. The highest BCUT2D eigenvalue weighted by molar-refractivity contribution is 8.26. The Morgan fingerprint density at radius 2 is 1.92 bits per heavy atom. The van der Waals surface area contributed by atoms with Crippen molar-refractivity contribution in [2.45, 2.75) is 6.54 Å². The molecule has 2 aromatic rings. The molecule has 4 rings (SSSR count).